The van der Waals surface area contributed by atoms with Crippen LogP contribution >= 0.6 is 7.82 Å². The number of rotatable bonds is 8. The zero-order valence-electron chi connectivity index (χ0n) is 11.8. The number of carbonyl (C=O) groups is 1. The number of carbonyl (C=O) groups excluding carboxylic acids is 1. The van der Waals surface area contributed by atoms with Crippen LogP contribution in [0.5, 0.6) is 0 Å². The number of hydrogen-bond donors (Lipinski definition) is 0. The zero-order valence-corrected chi connectivity index (χ0v) is 12.7. The summed E-state index contributed by atoms with van der Waals surface area (Å²) in [4.78, 5) is 11.9. The van der Waals surface area contributed by atoms with Crippen LogP contribution in [0.3, 0.4) is 0 Å². The lowest BCUT2D eigenvalue weighted by molar-refractivity contribution is -0.132. The fraction of sp³-hybridized carbons (Fsp3) is 0.750. The summed E-state index contributed by atoms with van der Waals surface area (Å²) in [5, 5.41) is 0. The first kappa shape index (κ1) is 17.4. The van der Waals surface area contributed by atoms with Crippen LogP contribution in [0.1, 0.15) is 41.0 Å². The maximum absolute atomic E-state index is 12.0. The lowest BCUT2D eigenvalue weighted by Gasteiger charge is -2.18. The molecular weight excluding hydrogens is 255 g/mol. The van der Waals surface area contributed by atoms with Crippen molar-refractivity contribution in [3.63, 3.8) is 0 Å². The first-order valence-corrected chi connectivity index (χ1v) is 7.69. The van der Waals surface area contributed by atoms with Crippen molar-refractivity contribution in [3.05, 3.63) is 11.6 Å². The van der Waals surface area contributed by atoms with Gasteiger partial charge in [-0.25, -0.2) is 9.36 Å². The van der Waals surface area contributed by atoms with Gasteiger partial charge in [-0.15, -0.1) is 0 Å². The van der Waals surface area contributed by atoms with Crippen molar-refractivity contribution in [1.82, 2.24) is 0 Å². The van der Waals surface area contributed by atoms with Gasteiger partial charge in [0.25, 0.3) is 0 Å². The summed E-state index contributed by atoms with van der Waals surface area (Å²) < 4.78 is 26.8. The van der Waals surface area contributed by atoms with E-state index in [0.29, 0.717) is 12.0 Å². The first-order valence-electron chi connectivity index (χ1n) is 6.23. The SMILES string of the molecule is CCC=C(C(=O)OP(=O)(OCC)OCC)C(C)C. The fourth-order valence-electron chi connectivity index (χ4n) is 1.34. The van der Waals surface area contributed by atoms with Crippen LogP contribution in [0.15, 0.2) is 11.6 Å². The van der Waals surface area contributed by atoms with Crippen LogP contribution in [0, 0.1) is 5.92 Å². The van der Waals surface area contributed by atoms with Gasteiger partial charge in [0.05, 0.1) is 13.2 Å². The molecule has 0 unspecified atom stereocenters. The van der Waals surface area contributed by atoms with Crippen LogP contribution in [0.2, 0.25) is 0 Å². The summed E-state index contributed by atoms with van der Waals surface area (Å²) >= 11 is 0. The standard InChI is InChI=1S/C12H23O5P/c1-6-9-11(10(4)5)12(13)17-18(14,15-7-2)16-8-3/h9-10H,6-8H2,1-5H3. The largest absolute Gasteiger partial charge is 0.532 e. The second kappa shape index (κ2) is 8.46. The quantitative estimate of drug-likeness (QED) is 0.500. The highest BCUT2D eigenvalue weighted by Gasteiger charge is 2.31. The molecule has 106 valence electrons. The van der Waals surface area contributed by atoms with Gasteiger partial charge in [0.2, 0.25) is 0 Å². The van der Waals surface area contributed by atoms with Crippen LogP contribution < -0.4 is 0 Å². The van der Waals surface area contributed by atoms with Gasteiger partial charge in [-0.2, -0.15) is 0 Å². The Morgan fingerprint density at radius 1 is 1.17 bits per heavy atom. The number of hydrogen-bond acceptors (Lipinski definition) is 5. The highest BCUT2D eigenvalue weighted by molar-refractivity contribution is 7.49. The summed E-state index contributed by atoms with van der Waals surface area (Å²) in [6.45, 7) is 9.28. The summed E-state index contributed by atoms with van der Waals surface area (Å²) in [5.74, 6) is -0.647. The highest BCUT2D eigenvalue weighted by Crippen LogP contribution is 2.50. The molecule has 0 aromatic rings. The topological polar surface area (TPSA) is 61.8 Å². The molecule has 0 fully saturated rings. The zero-order chi connectivity index (χ0) is 14.2. The molecule has 5 nitrogen and oxygen atoms in total. The summed E-state index contributed by atoms with van der Waals surface area (Å²) in [7, 11) is -3.78. The maximum Gasteiger partial charge on any atom is 0.532 e. The molecule has 0 aliphatic rings. The van der Waals surface area contributed by atoms with Crippen molar-refractivity contribution >= 4 is 13.8 Å². The van der Waals surface area contributed by atoms with Gasteiger partial charge >= 0.3 is 13.8 Å². The van der Waals surface area contributed by atoms with E-state index in [9.17, 15) is 9.36 Å². The normalized spacial score (nSPS) is 12.9. The summed E-state index contributed by atoms with van der Waals surface area (Å²) in [6.07, 6.45) is 2.46. The van der Waals surface area contributed by atoms with E-state index in [2.05, 4.69) is 0 Å². The van der Waals surface area contributed by atoms with Crippen LogP contribution in [0.25, 0.3) is 0 Å². The average Bonchev–Trinajstić information content (AvgIpc) is 2.25. The van der Waals surface area contributed by atoms with Crippen LogP contribution in [0.4, 0.5) is 0 Å². The minimum Gasteiger partial charge on any atom is -0.367 e. The average molecular weight is 278 g/mol. The van der Waals surface area contributed by atoms with Gasteiger partial charge in [-0.3, -0.25) is 9.05 Å². The van der Waals surface area contributed by atoms with Crippen molar-refractivity contribution in [2.75, 3.05) is 13.2 Å². The van der Waals surface area contributed by atoms with E-state index in [1.807, 2.05) is 20.8 Å². The smallest absolute Gasteiger partial charge is 0.367 e. The van der Waals surface area contributed by atoms with Gasteiger partial charge in [0, 0.05) is 5.57 Å². The Bertz CT molecular complexity index is 325. The van der Waals surface area contributed by atoms with E-state index in [1.54, 1.807) is 19.9 Å². The second-order valence-electron chi connectivity index (χ2n) is 3.88. The molecule has 0 amide bonds. The van der Waals surface area contributed by atoms with E-state index >= 15 is 0 Å². The molecule has 18 heavy (non-hydrogen) atoms. The monoisotopic (exact) mass is 278 g/mol. The number of phosphoric ester groups is 1. The van der Waals surface area contributed by atoms with Crippen molar-refractivity contribution in [2.24, 2.45) is 5.92 Å². The minimum atomic E-state index is -3.78. The second-order valence-corrected chi connectivity index (χ2v) is 5.48. The Morgan fingerprint density at radius 3 is 2.00 bits per heavy atom. The molecule has 0 aliphatic heterocycles. The molecule has 0 aromatic carbocycles. The van der Waals surface area contributed by atoms with Crippen LogP contribution in [-0.4, -0.2) is 19.2 Å². The van der Waals surface area contributed by atoms with Gasteiger partial charge < -0.3 is 4.52 Å². The van der Waals surface area contributed by atoms with Crippen molar-refractivity contribution in [3.8, 4) is 0 Å². The lowest BCUT2D eigenvalue weighted by atomic mass is 10.0. The molecule has 0 aliphatic carbocycles. The molecule has 0 saturated heterocycles. The van der Waals surface area contributed by atoms with E-state index < -0.39 is 13.8 Å². The van der Waals surface area contributed by atoms with E-state index in [0.717, 1.165) is 0 Å². The molecule has 0 bridgehead atoms. The van der Waals surface area contributed by atoms with Gasteiger partial charge in [0.15, 0.2) is 0 Å². The van der Waals surface area contributed by atoms with Gasteiger partial charge in [-0.05, 0) is 26.2 Å². The molecule has 0 N–H and O–H groups in total. The summed E-state index contributed by atoms with van der Waals surface area (Å²) in [5.41, 5.74) is 0.483. The number of allylic oxidation sites excluding steroid dienone is 1. The number of phosphoric acid groups is 1. The summed E-state index contributed by atoms with van der Waals surface area (Å²) in [6, 6.07) is 0. The third-order valence-electron chi connectivity index (χ3n) is 2.05. The third-order valence-corrected chi connectivity index (χ3v) is 3.59. The maximum atomic E-state index is 12.0. The Kier molecular flexibility index (Phi) is 8.16. The van der Waals surface area contributed by atoms with Gasteiger partial charge in [0.1, 0.15) is 0 Å². The molecule has 0 rings (SSSR count). The predicted octanol–water partition coefficient (Wildman–Crippen LogP) is 3.70. The molecule has 0 heterocycles. The van der Waals surface area contributed by atoms with E-state index in [-0.39, 0.29) is 19.1 Å². The van der Waals surface area contributed by atoms with Crippen LogP contribution in [-0.2, 0) is 22.9 Å². The molecule has 0 radical (unpaired) electrons. The van der Waals surface area contributed by atoms with Gasteiger partial charge in [-0.1, -0.05) is 26.8 Å². The third kappa shape index (κ3) is 5.80. The van der Waals surface area contributed by atoms with Crippen molar-refractivity contribution in [2.45, 2.75) is 41.0 Å². The lowest BCUT2D eigenvalue weighted by Crippen LogP contribution is -2.13. The first-order chi connectivity index (χ1) is 8.40. The Labute approximate surface area is 109 Å². The molecule has 0 atom stereocenters. The van der Waals surface area contributed by atoms with E-state index in [4.69, 9.17) is 13.6 Å². The molecule has 0 saturated carbocycles. The minimum absolute atomic E-state index is 0.00541. The molecular formula is C12H23O5P. The predicted molar refractivity (Wildman–Crippen MR) is 70.2 cm³/mol. The molecule has 6 heteroatoms. The molecule has 0 aromatic heterocycles. The Hall–Kier alpha value is -0.640. The molecule has 0 spiro atoms. The Balaban J connectivity index is 4.88. The van der Waals surface area contributed by atoms with E-state index in [1.165, 1.54) is 0 Å². The Morgan fingerprint density at radius 2 is 1.67 bits per heavy atom. The van der Waals surface area contributed by atoms with Crippen molar-refractivity contribution < 1.29 is 22.9 Å². The highest BCUT2D eigenvalue weighted by atomic mass is 31.2. The van der Waals surface area contributed by atoms with Crippen molar-refractivity contribution in [1.29, 1.82) is 0 Å². The fourth-order valence-corrected chi connectivity index (χ4v) is 2.46.